The zero-order valence-electron chi connectivity index (χ0n) is 14.1. The fourth-order valence-corrected chi connectivity index (χ4v) is 2.14. The normalized spacial score (nSPS) is 11.2. The Labute approximate surface area is 156 Å². The van der Waals surface area contributed by atoms with E-state index in [0.29, 0.717) is 11.8 Å². The number of alkyl halides is 3. The number of carboxylic acids is 1. The summed E-state index contributed by atoms with van der Waals surface area (Å²) in [6.07, 6.45) is -2.72. The molecule has 0 atom stereocenters. The number of rotatable bonds is 6. The van der Waals surface area contributed by atoms with Crippen molar-refractivity contribution in [1.82, 2.24) is 15.1 Å². The standard InChI is InChI=1S/C18H12F3N3O4/c1-10(17(25)26)6-15-23-16(24-28-15)11-2-4-13(5-3-11)27-14-7-12(8-22-9-14)18(19,20)21/h2-5,7-9H,1,6H2,(H,25,26). The van der Waals surface area contributed by atoms with Crippen molar-refractivity contribution in [2.24, 2.45) is 0 Å². The summed E-state index contributed by atoms with van der Waals surface area (Å²) < 4.78 is 48.5. The topological polar surface area (TPSA) is 98.3 Å². The van der Waals surface area contributed by atoms with Crippen LogP contribution < -0.4 is 4.74 Å². The van der Waals surface area contributed by atoms with E-state index in [1.807, 2.05) is 0 Å². The Hall–Kier alpha value is -3.69. The van der Waals surface area contributed by atoms with Crippen LogP contribution in [0.5, 0.6) is 11.5 Å². The molecule has 2 aromatic heterocycles. The predicted molar refractivity (Wildman–Crippen MR) is 89.5 cm³/mol. The highest BCUT2D eigenvalue weighted by Crippen LogP contribution is 2.32. The summed E-state index contributed by atoms with van der Waals surface area (Å²) in [6, 6.07) is 7.04. The second-order valence-electron chi connectivity index (χ2n) is 5.63. The SMILES string of the molecule is C=C(Cc1nc(-c2ccc(Oc3cncc(C(F)(F)F)c3)cc2)no1)C(=O)O. The van der Waals surface area contributed by atoms with Gasteiger partial charge in [-0.05, 0) is 30.3 Å². The Morgan fingerprint density at radius 1 is 1.18 bits per heavy atom. The molecule has 10 heteroatoms. The van der Waals surface area contributed by atoms with Crippen molar-refractivity contribution >= 4 is 5.97 Å². The maximum atomic E-state index is 12.7. The van der Waals surface area contributed by atoms with E-state index in [0.717, 1.165) is 6.07 Å². The molecule has 0 amide bonds. The molecule has 0 unspecified atom stereocenters. The first-order chi connectivity index (χ1) is 13.2. The Balaban J connectivity index is 1.71. The molecule has 3 aromatic rings. The van der Waals surface area contributed by atoms with Crippen molar-refractivity contribution in [3.8, 4) is 22.9 Å². The molecule has 1 aromatic carbocycles. The summed E-state index contributed by atoms with van der Waals surface area (Å²) in [5.74, 6) is -0.618. The van der Waals surface area contributed by atoms with E-state index in [1.165, 1.54) is 18.3 Å². The number of pyridine rings is 1. The lowest BCUT2D eigenvalue weighted by molar-refractivity contribution is -0.138. The van der Waals surface area contributed by atoms with Crippen LogP contribution in [0.3, 0.4) is 0 Å². The van der Waals surface area contributed by atoms with Gasteiger partial charge in [-0.1, -0.05) is 11.7 Å². The molecule has 144 valence electrons. The van der Waals surface area contributed by atoms with Gasteiger partial charge in [0.05, 0.1) is 18.2 Å². The third-order valence-corrected chi connectivity index (χ3v) is 3.52. The Bertz CT molecular complexity index is 1010. The van der Waals surface area contributed by atoms with Crippen molar-refractivity contribution in [3.05, 3.63) is 66.3 Å². The summed E-state index contributed by atoms with van der Waals surface area (Å²) in [6.45, 7) is 3.38. The lowest BCUT2D eigenvalue weighted by Gasteiger charge is -2.09. The van der Waals surface area contributed by atoms with Gasteiger partial charge in [0.2, 0.25) is 11.7 Å². The van der Waals surface area contributed by atoms with E-state index in [2.05, 4.69) is 21.7 Å². The molecule has 0 bridgehead atoms. The smallest absolute Gasteiger partial charge is 0.418 e. The minimum absolute atomic E-state index is 0.0587. The van der Waals surface area contributed by atoms with Gasteiger partial charge >= 0.3 is 12.1 Å². The number of carboxylic acid groups (broad SMARTS) is 1. The zero-order chi connectivity index (χ0) is 20.3. The number of ether oxygens (including phenoxy) is 1. The van der Waals surface area contributed by atoms with E-state index in [1.54, 1.807) is 12.1 Å². The number of hydrogen-bond acceptors (Lipinski definition) is 6. The van der Waals surface area contributed by atoms with Gasteiger partial charge in [-0.2, -0.15) is 18.2 Å². The van der Waals surface area contributed by atoms with Gasteiger partial charge < -0.3 is 14.4 Å². The number of aromatic nitrogens is 3. The summed E-state index contributed by atoms with van der Waals surface area (Å²) in [5, 5.41) is 12.6. The van der Waals surface area contributed by atoms with Gasteiger partial charge in [-0.25, -0.2) is 4.79 Å². The molecule has 0 radical (unpaired) electrons. The van der Waals surface area contributed by atoms with Gasteiger partial charge in [0.25, 0.3) is 0 Å². The molecule has 1 N–H and O–H groups in total. The van der Waals surface area contributed by atoms with Crippen LogP contribution in [0.25, 0.3) is 11.4 Å². The monoisotopic (exact) mass is 391 g/mol. The Morgan fingerprint density at radius 3 is 2.54 bits per heavy atom. The molecule has 0 aliphatic heterocycles. The number of aliphatic carboxylic acids is 1. The number of hydrogen-bond donors (Lipinski definition) is 1. The summed E-state index contributed by atoms with van der Waals surface area (Å²) >= 11 is 0. The molecule has 7 nitrogen and oxygen atoms in total. The molecule has 0 aliphatic carbocycles. The van der Waals surface area contributed by atoms with Crippen molar-refractivity contribution in [2.45, 2.75) is 12.6 Å². The van der Waals surface area contributed by atoms with Gasteiger partial charge in [-0.15, -0.1) is 0 Å². The second kappa shape index (κ2) is 7.51. The van der Waals surface area contributed by atoms with Crippen LogP contribution in [0.1, 0.15) is 11.5 Å². The van der Waals surface area contributed by atoms with Crippen LogP contribution in [0, 0.1) is 0 Å². The van der Waals surface area contributed by atoms with Crippen LogP contribution in [0.2, 0.25) is 0 Å². The fourth-order valence-electron chi connectivity index (χ4n) is 2.14. The minimum atomic E-state index is -4.52. The van der Waals surface area contributed by atoms with Crippen LogP contribution in [0.4, 0.5) is 13.2 Å². The first kappa shape index (κ1) is 19.1. The van der Waals surface area contributed by atoms with Crippen molar-refractivity contribution in [1.29, 1.82) is 0 Å². The lowest BCUT2D eigenvalue weighted by Crippen LogP contribution is -2.05. The third-order valence-electron chi connectivity index (χ3n) is 3.52. The molecule has 2 heterocycles. The second-order valence-corrected chi connectivity index (χ2v) is 5.63. The molecule has 0 spiro atoms. The highest BCUT2D eigenvalue weighted by molar-refractivity contribution is 5.86. The van der Waals surface area contributed by atoms with Crippen molar-refractivity contribution < 1.29 is 32.3 Å². The molecule has 0 saturated heterocycles. The molecule has 3 rings (SSSR count). The minimum Gasteiger partial charge on any atom is -0.478 e. The Kier molecular flexibility index (Phi) is 5.12. The van der Waals surface area contributed by atoms with Crippen LogP contribution in [0.15, 0.2) is 59.4 Å². The zero-order valence-corrected chi connectivity index (χ0v) is 14.1. The molecular weight excluding hydrogens is 379 g/mol. The highest BCUT2D eigenvalue weighted by atomic mass is 19.4. The average Bonchev–Trinajstić information content (AvgIpc) is 3.10. The summed E-state index contributed by atoms with van der Waals surface area (Å²) in [7, 11) is 0. The van der Waals surface area contributed by atoms with E-state index in [4.69, 9.17) is 14.4 Å². The lowest BCUT2D eigenvalue weighted by atomic mass is 10.2. The number of carbonyl (C=O) groups is 1. The van der Waals surface area contributed by atoms with E-state index in [9.17, 15) is 18.0 Å². The number of nitrogens with zero attached hydrogens (tertiary/aromatic N) is 3. The first-order valence-corrected chi connectivity index (χ1v) is 7.76. The molecular formula is C18H12F3N3O4. The highest BCUT2D eigenvalue weighted by Gasteiger charge is 2.31. The van der Waals surface area contributed by atoms with Crippen LogP contribution in [-0.4, -0.2) is 26.2 Å². The van der Waals surface area contributed by atoms with Gasteiger partial charge in [0.1, 0.15) is 11.5 Å². The van der Waals surface area contributed by atoms with Gasteiger partial charge in [-0.3, -0.25) is 4.98 Å². The first-order valence-electron chi connectivity index (χ1n) is 7.76. The molecule has 28 heavy (non-hydrogen) atoms. The maximum Gasteiger partial charge on any atom is 0.418 e. The van der Waals surface area contributed by atoms with E-state index >= 15 is 0 Å². The van der Waals surface area contributed by atoms with Gasteiger partial charge in [0.15, 0.2) is 0 Å². The predicted octanol–water partition coefficient (Wildman–Crippen LogP) is 4.13. The average molecular weight is 391 g/mol. The van der Waals surface area contributed by atoms with Crippen LogP contribution in [-0.2, 0) is 17.4 Å². The molecule has 0 saturated carbocycles. The van der Waals surface area contributed by atoms with Crippen molar-refractivity contribution in [3.63, 3.8) is 0 Å². The number of halogens is 3. The van der Waals surface area contributed by atoms with E-state index < -0.39 is 17.7 Å². The quantitative estimate of drug-likeness (QED) is 0.631. The molecule has 0 fully saturated rings. The largest absolute Gasteiger partial charge is 0.478 e. The van der Waals surface area contributed by atoms with Gasteiger partial charge in [0, 0.05) is 17.3 Å². The summed E-state index contributed by atoms with van der Waals surface area (Å²) in [4.78, 5) is 18.4. The molecule has 0 aliphatic rings. The Morgan fingerprint density at radius 2 is 1.89 bits per heavy atom. The number of benzene rings is 1. The fraction of sp³-hybridized carbons (Fsp3) is 0.111. The third kappa shape index (κ3) is 4.53. The van der Waals surface area contributed by atoms with E-state index in [-0.39, 0.29) is 35.2 Å². The summed E-state index contributed by atoms with van der Waals surface area (Å²) in [5.41, 5.74) is -0.456. The van der Waals surface area contributed by atoms with Crippen molar-refractivity contribution in [2.75, 3.05) is 0 Å². The van der Waals surface area contributed by atoms with Crippen LogP contribution >= 0.6 is 0 Å². The maximum absolute atomic E-state index is 12.7.